The van der Waals surface area contributed by atoms with E-state index < -0.39 is 35.7 Å². The predicted molar refractivity (Wildman–Crippen MR) is 168 cm³/mol. The minimum Gasteiger partial charge on any atom is -0.481 e. The second kappa shape index (κ2) is 14.0. The Morgan fingerprint density at radius 3 is 2.43 bits per heavy atom. The second-order valence-corrected chi connectivity index (χ2v) is 13.5. The van der Waals surface area contributed by atoms with E-state index in [0.29, 0.717) is 24.8 Å². The van der Waals surface area contributed by atoms with Gasteiger partial charge in [0.05, 0.1) is 32.5 Å². The normalized spacial score (nSPS) is 25.9. The summed E-state index contributed by atoms with van der Waals surface area (Å²) in [6.07, 6.45) is 7.66. The summed E-state index contributed by atoms with van der Waals surface area (Å²) in [5.74, 6) is 0.146. The zero-order valence-electron chi connectivity index (χ0n) is 27.3. The van der Waals surface area contributed by atoms with Crippen LogP contribution < -0.4 is 4.74 Å². The Kier molecular flexibility index (Phi) is 10.3. The number of amides is 1. The van der Waals surface area contributed by atoms with Crippen molar-refractivity contribution in [1.82, 2.24) is 9.88 Å². The van der Waals surface area contributed by atoms with E-state index in [0.717, 1.165) is 36.0 Å². The first-order valence-electron chi connectivity index (χ1n) is 16.5. The molecule has 0 spiro atoms. The largest absolute Gasteiger partial charge is 0.481 e. The predicted octanol–water partition coefficient (Wildman–Crippen LogP) is 6.55. The van der Waals surface area contributed by atoms with Crippen LogP contribution in [0.4, 0.5) is 0 Å². The number of likely N-dealkylation sites (tertiary alicyclic amines) is 1. The van der Waals surface area contributed by atoms with Gasteiger partial charge in [0.1, 0.15) is 12.1 Å². The highest BCUT2D eigenvalue weighted by atomic mass is 16.5. The Morgan fingerprint density at radius 2 is 1.82 bits per heavy atom. The van der Waals surface area contributed by atoms with Gasteiger partial charge < -0.3 is 23.8 Å². The number of hydrogen-bond donors (Lipinski definition) is 0. The average molecular weight is 607 g/mol. The Labute approximate surface area is 262 Å². The number of nitrogens with zero attached hydrogens (tertiary/aromatic N) is 2. The standard InChI is InChI=1S/C36H50N2O6/c1-7-23-14-9-10-17-27(23)30-32(44-22-26-20-25(24-15-13-16-24)21-37-33(26)41-6)29(36(3,4)5)31(35(40)42-8-2)38(30)34(39)28-18-11-12-19-43-28/h9-10,14,17,20-21,24,28-32H,7-8,11-13,15-16,18-19,22H2,1-6H3/t28-,29+,30-,31-,32-/m0/s1. The van der Waals surface area contributed by atoms with Gasteiger partial charge in [0.15, 0.2) is 0 Å². The summed E-state index contributed by atoms with van der Waals surface area (Å²) in [7, 11) is 1.63. The third kappa shape index (κ3) is 6.52. The van der Waals surface area contributed by atoms with Crippen LogP contribution in [-0.2, 0) is 36.8 Å². The van der Waals surface area contributed by atoms with E-state index in [2.05, 4.69) is 50.9 Å². The smallest absolute Gasteiger partial charge is 0.329 e. The molecule has 3 fully saturated rings. The van der Waals surface area contributed by atoms with Crippen molar-refractivity contribution in [2.75, 3.05) is 20.3 Å². The Morgan fingerprint density at radius 1 is 1.05 bits per heavy atom. The zero-order valence-corrected chi connectivity index (χ0v) is 27.3. The Bertz CT molecular complexity index is 1300. The molecule has 1 aromatic heterocycles. The number of aryl methyl sites for hydroxylation is 1. The van der Waals surface area contributed by atoms with Gasteiger partial charge in [0.25, 0.3) is 5.91 Å². The molecule has 5 rings (SSSR count). The van der Waals surface area contributed by atoms with Crippen molar-refractivity contribution in [2.45, 2.75) is 116 Å². The van der Waals surface area contributed by atoms with E-state index >= 15 is 0 Å². The lowest BCUT2D eigenvalue weighted by Crippen LogP contribution is -2.51. The highest BCUT2D eigenvalue weighted by molar-refractivity contribution is 5.89. The number of rotatable bonds is 10. The fraction of sp³-hybridized carbons (Fsp3) is 0.639. The molecule has 1 amide bonds. The van der Waals surface area contributed by atoms with Crippen molar-refractivity contribution in [2.24, 2.45) is 11.3 Å². The SMILES string of the molecule is CCOC(=O)[C@@H]1[C@@H](C(C)(C)C)[C@H](OCc2cc(C3CCC3)cnc2OC)[C@H](c2ccccc2CC)N1C(=O)[C@@H]1CCCCO1. The van der Waals surface area contributed by atoms with Crippen molar-refractivity contribution in [3.63, 3.8) is 0 Å². The molecule has 5 atom stereocenters. The fourth-order valence-corrected chi connectivity index (χ4v) is 7.33. The number of carbonyl (C=O) groups excluding carboxylic acids is 2. The van der Waals surface area contributed by atoms with Gasteiger partial charge in [-0.15, -0.1) is 0 Å². The molecule has 2 saturated heterocycles. The van der Waals surface area contributed by atoms with Crippen LogP contribution in [0.3, 0.4) is 0 Å². The number of ether oxygens (including phenoxy) is 4. The average Bonchev–Trinajstić information content (AvgIpc) is 3.35. The molecule has 0 bridgehead atoms. The molecule has 8 nitrogen and oxygen atoms in total. The molecule has 0 radical (unpaired) electrons. The molecule has 0 unspecified atom stereocenters. The molecular formula is C36H50N2O6. The van der Waals surface area contributed by atoms with E-state index in [1.54, 1.807) is 12.0 Å². The lowest BCUT2D eigenvalue weighted by atomic mass is 9.73. The summed E-state index contributed by atoms with van der Waals surface area (Å²) in [6, 6.07) is 9.04. The first kappa shape index (κ1) is 32.4. The number of benzene rings is 1. The van der Waals surface area contributed by atoms with E-state index in [4.69, 9.17) is 18.9 Å². The van der Waals surface area contributed by atoms with Gasteiger partial charge in [-0.25, -0.2) is 9.78 Å². The molecule has 2 aliphatic heterocycles. The van der Waals surface area contributed by atoms with Crippen LogP contribution in [0.5, 0.6) is 5.88 Å². The van der Waals surface area contributed by atoms with Gasteiger partial charge in [-0.2, -0.15) is 0 Å². The minimum atomic E-state index is -0.825. The van der Waals surface area contributed by atoms with Gasteiger partial charge in [-0.1, -0.05) is 58.4 Å². The third-order valence-corrected chi connectivity index (χ3v) is 9.74. The highest BCUT2D eigenvalue weighted by Crippen LogP contribution is 2.51. The highest BCUT2D eigenvalue weighted by Gasteiger charge is 2.60. The number of pyridine rings is 1. The number of esters is 1. The molecule has 3 aliphatic rings. The van der Waals surface area contributed by atoms with Gasteiger partial charge >= 0.3 is 5.97 Å². The quantitative estimate of drug-likeness (QED) is 0.284. The van der Waals surface area contributed by atoms with Crippen LogP contribution in [-0.4, -0.2) is 60.3 Å². The number of hydrogen-bond acceptors (Lipinski definition) is 7. The van der Waals surface area contributed by atoms with Crippen molar-refractivity contribution < 1.29 is 28.5 Å². The van der Waals surface area contributed by atoms with Crippen LogP contribution in [0.1, 0.15) is 107 Å². The number of aromatic nitrogens is 1. The maximum absolute atomic E-state index is 14.6. The van der Waals surface area contributed by atoms with E-state index in [1.807, 2.05) is 25.3 Å². The van der Waals surface area contributed by atoms with Crippen LogP contribution in [0.2, 0.25) is 0 Å². The fourth-order valence-electron chi connectivity index (χ4n) is 7.33. The Balaban J connectivity index is 1.62. The minimum absolute atomic E-state index is 0.162. The first-order chi connectivity index (χ1) is 21.2. The third-order valence-electron chi connectivity index (χ3n) is 9.74. The van der Waals surface area contributed by atoms with Crippen LogP contribution in [0.25, 0.3) is 0 Å². The topological polar surface area (TPSA) is 87.2 Å². The molecule has 2 aromatic rings. The maximum atomic E-state index is 14.6. The first-order valence-corrected chi connectivity index (χ1v) is 16.5. The second-order valence-electron chi connectivity index (χ2n) is 13.5. The van der Waals surface area contributed by atoms with Gasteiger partial charge in [-0.05, 0) is 79.5 Å². The summed E-state index contributed by atoms with van der Waals surface area (Å²) < 4.78 is 24.4. The molecular weight excluding hydrogens is 556 g/mol. The van der Waals surface area contributed by atoms with Crippen LogP contribution in [0, 0.1) is 11.3 Å². The molecule has 240 valence electrons. The summed E-state index contributed by atoms with van der Waals surface area (Å²) in [6.45, 7) is 11.3. The molecule has 1 aromatic carbocycles. The van der Waals surface area contributed by atoms with Crippen molar-refractivity contribution >= 4 is 11.9 Å². The molecule has 44 heavy (non-hydrogen) atoms. The van der Waals surface area contributed by atoms with Crippen LogP contribution in [0.15, 0.2) is 36.5 Å². The summed E-state index contributed by atoms with van der Waals surface area (Å²) in [5, 5.41) is 0. The maximum Gasteiger partial charge on any atom is 0.329 e. The summed E-state index contributed by atoms with van der Waals surface area (Å²) >= 11 is 0. The van der Waals surface area contributed by atoms with Gasteiger partial charge in [0.2, 0.25) is 5.88 Å². The van der Waals surface area contributed by atoms with Gasteiger partial charge in [-0.3, -0.25) is 4.79 Å². The van der Waals surface area contributed by atoms with Crippen molar-refractivity contribution in [1.29, 1.82) is 0 Å². The van der Waals surface area contributed by atoms with E-state index in [1.165, 1.54) is 24.8 Å². The number of carbonyl (C=O) groups is 2. The molecule has 3 heterocycles. The van der Waals surface area contributed by atoms with Gasteiger partial charge in [0, 0.05) is 24.3 Å². The van der Waals surface area contributed by atoms with E-state index in [9.17, 15) is 9.59 Å². The Hall–Kier alpha value is -2.97. The number of methoxy groups -OCH3 is 1. The zero-order chi connectivity index (χ0) is 31.4. The van der Waals surface area contributed by atoms with Crippen LogP contribution >= 0.6 is 0 Å². The lowest BCUT2D eigenvalue weighted by Gasteiger charge is -2.36. The lowest BCUT2D eigenvalue weighted by molar-refractivity contribution is -0.162. The molecule has 0 N–H and O–H groups in total. The molecule has 8 heteroatoms. The summed E-state index contributed by atoms with van der Waals surface area (Å²) in [5.41, 5.74) is 3.80. The molecule has 1 aliphatic carbocycles. The van der Waals surface area contributed by atoms with Crippen molar-refractivity contribution in [3.8, 4) is 5.88 Å². The monoisotopic (exact) mass is 606 g/mol. The van der Waals surface area contributed by atoms with E-state index in [-0.39, 0.29) is 25.0 Å². The summed E-state index contributed by atoms with van der Waals surface area (Å²) in [4.78, 5) is 34.9. The molecule has 1 saturated carbocycles. The van der Waals surface area contributed by atoms with Crippen molar-refractivity contribution in [3.05, 3.63) is 58.8 Å².